The second-order valence-corrected chi connectivity index (χ2v) is 2.51. The molecule has 0 radical (unpaired) electrons. The number of hydrogen-bond donors (Lipinski definition) is 3. The van der Waals surface area contributed by atoms with Gasteiger partial charge in [-0.3, -0.25) is 5.21 Å². The summed E-state index contributed by atoms with van der Waals surface area (Å²) in [7, 11) is 0. The van der Waals surface area contributed by atoms with Crippen LogP contribution in [0.1, 0.15) is 0 Å². The van der Waals surface area contributed by atoms with Crippen LogP contribution in [0, 0.1) is 0 Å². The molecule has 0 aliphatic rings. The molecule has 1 amide bonds. The van der Waals surface area contributed by atoms with Crippen LogP contribution in [0.15, 0.2) is 0 Å². The average Bonchev–Trinajstić information content (AvgIpc) is 1.89. The van der Waals surface area contributed by atoms with Gasteiger partial charge >= 0.3 is 6.09 Å². The summed E-state index contributed by atoms with van der Waals surface area (Å²) in [5, 5.41) is 17.2. The van der Waals surface area contributed by atoms with Crippen LogP contribution >= 0.6 is 11.8 Å². The third-order valence-electron chi connectivity index (χ3n) is 0.871. The van der Waals surface area contributed by atoms with Crippen LogP contribution in [0.4, 0.5) is 4.79 Å². The van der Waals surface area contributed by atoms with E-state index in [1.165, 1.54) is 11.8 Å². The topological polar surface area (TPSA) is 72.8 Å². The van der Waals surface area contributed by atoms with Crippen molar-refractivity contribution in [3.05, 3.63) is 0 Å². The lowest BCUT2D eigenvalue weighted by Gasteiger charge is -2.14. The molecule has 0 spiro atoms. The van der Waals surface area contributed by atoms with Crippen molar-refractivity contribution in [3.8, 4) is 0 Å². The quantitative estimate of drug-likeness (QED) is 0.521. The summed E-state index contributed by atoms with van der Waals surface area (Å²) in [4.78, 5) is 10.1. The largest absolute Gasteiger partial charge is 0.464 e. The van der Waals surface area contributed by atoms with E-state index in [1.807, 2.05) is 6.26 Å². The Kier molecular flexibility index (Phi) is 5.09. The summed E-state index contributed by atoms with van der Waals surface area (Å²) in [5.74, 6) is 0.653. The molecule has 0 atom stereocenters. The van der Waals surface area contributed by atoms with Crippen LogP contribution in [0.25, 0.3) is 0 Å². The fourth-order valence-corrected chi connectivity index (χ4v) is 0.736. The number of amides is 1. The lowest BCUT2D eigenvalue weighted by atomic mass is 10.7. The fraction of sp³-hybridized carbons (Fsp3) is 0.750. The number of carbonyl (C=O) groups is 1. The molecule has 6 heteroatoms. The van der Waals surface area contributed by atoms with Crippen LogP contribution in [0.3, 0.4) is 0 Å². The van der Waals surface area contributed by atoms with E-state index in [4.69, 9.17) is 10.3 Å². The molecule has 60 valence electrons. The van der Waals surface area contributed by atoms with Crippen LogP contribution in [-0.2, 0) is 0 Å². The monoisotopic (exact) mass is 166 g/mol. The first-order valence-electron chi connectivity index (χ1n) is 2.61. The number of nitrogens with zero attached hydrogens (tertiary/aromatic N) is 1. The van der Waals surface area contributed by atoms with Crippen molar-refractivity contribution in [3.63, 3.8) is 0 Å². The van der Waals surface area contributed by atoms with E-state index in [0.29, 0.717) is 10.8 Å². The van der Waals surface area contributed by atoms with Gasteiger partial charge in [0.05, 0.1) is 6.54 Å². The molecule has 0 bridgehead atoms. The molecular weight excluding hydrogens is 156 g/mol. The van der Waals surface area contributed by atoms with Gasteiger partial charge in [0.25, 0.3) is 0 Å². The zero-order valence-electron chi connectivity index (χ0n) is 5.57. The van der Waals surface area contributed by atoms with Crippen molar-refractivity contribution >= 4 is 17.9 Å². The molecule has 0 heterocycles. The summed E-state index contributed by atoms with van der Waals surface area (Å²) in [6, 6.07) is 0. The molecule has 0 rings (SSSR count). The van der Waals surface area contributed by atoms with Gasteiger partial charge in [0.2, 0.25) is 0 Å². The summed E-state index contributed by atoms with van der Waals surface area (Å²) < 4.78 is 0. The summed E-state index contributed by atoms with van der Waals surface area (Å²) in [6.45, 7) is 0.271. The highest BCUT2D eigenvalue weighted by molar-refractivity contribution is 7.98. The van der Waals surface area contributed by atoms with Crippen molar-refractivity contribution in [2.24, 2.45) is 0 Å². The Hall–Kier alpha value is -0.460. The van der Waals surface area contributed by atoms with Crippen molar-refractivity contribution < 1.29 is 15.1 Å². The molecule has 10 heavy (non-hydrogen) atoms. The number of rotatable bonds is 4. The number of carboxylic acid groups (broad SMARTS) is 1. The van der Waals surface area contributed by atoms with Crippen molar-refractivity contribution in [1.82, 2.24) is 10.6 Å². The third kappa shape index (κ3) is 3.54. The van der Waals surface area contributed by atoms with Crippen molar-refractivity contribution in [2.45, 2.75) is 0 Å². The standard InChI is InChI=1S/C4H10N2O3S/c1-10-3-2-6(5-9)4(7)8/h5,9H,2-3H2,1H3,(H,7,8). The number of thioether (sulfide) groups is 1. The zero-order valence-corrected chi connectivity index (χ0v) is 6.39. The SMILES string of the molecule is CSCCN(NO)C(=O)O. The second-order valence-electron chi connectivity index (χ2n) is 1.53. The maximum atomic E-state index is 10.1. The Morgan fingerprint density at radius 1 is 1.80 bits per heavy atom. The first-order valence-corrected chi connectivity index (χ1v) is 4.01. The van der Waals surface area contributed by atoms with Gasteiger partial charge < -0.3 is 5.11 Å². The van der Waals surface area contributed by atoms with E-state index in [2.05, 4.69) is 0 Å². The highest BCUT2D eigenvalue weighted by Crippen LogP contribution is 1.92. The minimum absolute atomic E-state index is 0.271. The van der Waals surface area contributed by atoms with E-state index in [0.717, 1.165) is 0 Å². The lowest BCUT2D eigenvalue weighted by molar-refractivity contribution is -0.00391. The molecular formula is C4H10N2O3S. The molecule has 0 aromatic rings. The molecule has 0 aliphatic heterocycles. The summed E-state index contributed by atoms with van der Waals surface area (Å²) in [6.07, 6.45) is 0.675. The Labute approximate surface area is 62.9 Å². The first-order chi connectivity index (χ1) is 4.72. The number of nitrogens with one attached hydrogen (secondary N) is 1. The van der Waals surface area contributed by atoms with E-state index in [-0.39, 0.29) is 6.54 Å². The van der Waals surface area contributed by atoms with E-state index >= 15 is 0 Å². The first kappa shape index (κ1) is 9.54. The van der Waals surface area contributed by atoms with E-state index in [9.17, 15) is 4.79 Å². The average molecular weight is 166 g/mol. The lowest BCUT2D eigenvalue weighted by Crippen LogP contribution is -2.41. The molecule has 5 nitrogen and oxygen atoms in total. The molecule has 0 unspecified atom stereocenters. The van der Waals surface area contributed by atoms with Crippen LogP contribution < -0.4 is 5.59 Å². The molecule has 0 fully saturated rings. The smallest absolute Gasteiger partial charge is 0.423 e. The minimum Gasteiger partial charge on any atom is -0.464 e. The molecule has 0 saturated carbocycles. The van der Waals surface area contributed by atoms with Crippen LogP contribution in [0.2, 0.25) is 0 Å². The second kappa shape index (κ2) is 5.33. The molecule has 0 saturated heterocycles. The van der Waals surface area contributed by atoms with Gasteiger partial charge in [-0.1, -0.05) is 0 Å². The van der Waals surface area contributed by atoms with Gasteiger partial charge in [-0.05, 0) is 6.26 Å². The number of hydrazine groups is 1. The van der Waals surface area contributed by atoms with Gasteiger partial charge in [-0.2, -0.15) is 11.8 Å². The Bertz CT molecular complexity index is 111. The van der Waals surface area contributed by atoms with Gasteiger partial charge in [0.15, 0.2) is 0 Å². The minimum atomic E-state index is -1.18. The van der Waals surface area contributed by atoms with Crippen LogP contribution in [-0.4, -0.2) is 40.0 Å². The van der Waals surface area contributed by atoms with Gasteiger partial charge in [-0.15, -0.1) is 5.59 Å². The summed E-state index contributed by atoms with van der Waals surface area (Å²) >= 11 is 1.51. The van der Waals surface area contributed by atoms with Gasteiger partial charge in [0.1, 0.15) is 0 Å². The van der Waals surface area contributed by atoms with Gasteiger partial charge in [-0.25, -0.2) is 9.80 Å². The van der Waals surface area contributed by atoms with E-state index in [1.54, 1.807) is 5.59 Å². The molecule has 3 N–H and O–H groups in total. The maximum Gasteiger partial charge on any atom is 0.423 e. The third-order valence-corrected chi connectivity index (χ3v) is 1.46. The Morgan fingerprint density at radius 3 is 2.70 bits per heavy atom. The summed E-state index contributed by atoms with van der Waals surface area (Å²) in [5.41, 5.74) is 1.56. The normalized spacial score (nSPS) is 9.40. The van der Waals surface area contributed by atoms with Crippen LogP contribution in [0.5, 0.6) is 0 Å². The predicted octanol–water partition coefficient (Wildman–Crippen LogP) is 0.223. The highest BCUT2D eigenvalue weighted by Gasteiger charge is 2.07. The maximum absolute atomic E-state index is 10.1. The predicted molar refractivity (Wildman–Crippen MR) is 38.0 cm³/mol. The molecule has 0 aromatic heterocycles. The highest BCUT2D eigenvalue weighted by atomic mass is 32.2. The number of hydrogen-bond acceptors (Lipinski definition) is 4. The van der Waals surface area contributed by atoms with Crippen molar-refractivity contribution in [2.75, 3.05) is 18.6 Å². The van der Waals surface area contributed by atoms with E-state index < -0.39 is 6.09 Å². The Balaban J connectivity index is 3.50. The fourth-order valence-electron chi connectivity index (χ4n) is 0.371. The zero-order chi connectivity index (χ0) is 7.98. The molecule has 0 aromatic carbocycles. The van der Waals surface area contributed by atoms with Gasteiger partial charge in [0, 0.05) is 5.75 Å². The molecule has 0 aliphatic carbocycles. The van der Waals surface area contributed by atoms with Crippen molar-refractivity contribution in [1.29, 1.82) is 0 Å². The Morgan fingerprint density at radius 2 is 2.40 bits per heavy atom.